The Balaban J connectivity index is 2.22. The smallest absolute Gasteiger partial charge is 0.132 e. The van der Waals surface area contributed by atoms with Crippen LogP contribution < -0.4 is 5.32 Å². The second-order valence-electron chi connectivity index (χ2n) is 4.70. The van der Waals surface area contributed by atoms with Crippen LogP contribution >= 0.6 is 11.8 Å². The van der Waals surface area contributed by atoms with Gasteiger partial charge in [0, 0.05) is 23.9 Å². The highest BCUT2D eigenvalue weighted by molar-refractivity contribution is 7.99. The van der Waals surface area contributed by atoms with Crippen molar-refractivity contribution in [2.75, 3.05) is 11.9 Å². The summed E-state index contributed by atoms with van der Waals surface area (Å²) in [5.74, 6) is 1.83. The van der Waals surface area contributed by atoms with E-state index >= 15 is 0 Å². The van der Waals surface area contributed by atoms with E-state index in [9.17, 15) is 0 Å². The molecule has 1 N–H and O–H groups in total. The van der Waals surface area contributed by atoms with Crippen molar-refractivity contribution >= 4 is 17.6 Å². The normalized spacial score (nSPS) is 10.6. The highest BCUT2D eigenvalue weighted by Crippen LogP contribution is 2.27. The fraction of sp³-hybridized carbons (Fsp3) is 0.375. The van der Waals surface area contributed by atoms with E-state index < -0.39 is 0 Å². The lowest BCUT2D eigenvalue weighted by Gasteiger charge is -2.08. The van der Waals surface area contributed by atoms with Gasteiger partial charge in [-0.25, -0.2) is 9.97 Å². The zero-order valence-corrected chi connectivity index (χ0v) is 13.1. The van der Waals surface area contributed by atoms with Crippen molar-refractivity contribution in [3.63, 3.8) is 0 Å². The fourth-order valence-corrected chi connectivity index (χ4v) is 2.69. The van der Waals surface area contributed by atoms with Crippen LogP contribution in [0, 0.1) is 6.92 Å². The van der Waals surface area contributed by atoms with Crippen LogP contribution in [0.4, 0.5) is 5.82 Å². The van der Waals surface area contributed by atoms with Crippen LogP contribution in [-0.4, -0.2) is 16.5 Å². The number of aromatic nitrogens is 2. The Morgan fingerprint density at radius 1 is 1.10 bits per heavy atom. The molecule has 1 aromatic carbocycles. The fourth-order valence-electron chi connectivity index (χ4n) is 1.86. The van der Waals surface area contributed by atoms with Crippen molar-refractivity contribution in [2.45, 2.75) is 43.5 Å². The van der Waals surface area contributed by atoms with Crippen molar-refractivity contribution in [1.82, 2.24) is 9.97 Å². The molecule has 0 unspecified atom stereocenters. The summed E-state index contributed by atoms with van der Waals surface area (Å²) >= 11 is 1.69. The quantitative estimate of drug-likeness (QED) is 0.803. The molecule has 0 saturated carbocycles. The van der Waals surface area contributed by atoms with Gasteiger partial charge in [-0.2, -0.15) is 0 Å². The number of rotatable bonds is 6. The molecule has 2 rings (SSSR count). The molecule has 3 nitrogen and oxygen atoms in total. The monoisotopic (exact) mass is 287 g/mol. The van der Waals surface area contributed by atoms with Gasteiger partial charge in [0.1, 0.15) is 16.7 Å². The molecule has 4 heteroatoms. The van der Waals surface area contributed by atoms with Crippen molar-refractivity contribution < 1.29 is 0 Å². The second kappa shape index (κ2) is 7.29. The summed E-state index contributed by atoms with van der Waals surface area (Å²) in [4.78, 5) is 10.4. The predicted molar refractivity (Wildman–Crippen MR) is 85.5 cm³/mol. The minimum Gasteiger partial charge on any atom is -0.370 e. The zero-order chi connectivity index (χ0) is 14.4. The summed E-state index contributed by atoms with van der Waals surface area (Å²) in [6.07, 6.45) is 1.98. The molecule has 0 atom stereocenters. The van der Waals surface area contributed by atoms with Crippen molar-refractivity contribution in [1.29, 1.82) is 0 Å². The van der Waals surface area contributed by atoms with Gasteiger partial charge in [0.25, 0.3) is 0 Å². The lowest BCUT2D eigenvalue weighted by atomic mass is 10.2. The topological polar surface area (TPSA) is 37.8 Å². The molecule has 2 aromatic rings. The molecule has 0 amide bonds. The van der Waals surface area contributed by atoms with Crippen molar-refractivity contribution in [3.05, 3.63) is 41.7 Å². The third kappa shape index (κ3) is 4.23. The van der Waals surface area contributed by atoms with E-state index in [1.807, 2.05) is 6.07 Å². The summed E-state index contributed by atoms with van der Waals surface area (Å²) in [7, 11) is 0. The predicted octanol–water partition coefficient (Wildman–Crippen LogP) is 4.32. The Morgan fingerprint density at radius 2 is 1.85 bits per heavy atom. The third-order valence-electron chi connectivity index (χ3n) is 2.82. The summed E-state index contributed by atoms with van der Waals surface area (Å²) in [5, 5.41) is 4.28. The highest BCUT2D eigenvalue weighted by atomic mass is 32.2. The number of hydrogen-bond acceptors (Lipinski definition) is 4. The molecule has 0 saturated heterocycles. The van der Waals surface area contributed by atoms with Crippen LogP contribution in [-0.2, 0) is 6.42 Å². The average molecular weight is 287 g/mol. The van der Waals surface area contributed by atoms with Crippen LogP contribution in [0.3, 0.4) is 0 Å². The molecular weight excluding hydrogens is 266 g/mol. The Morgan fingerprint density at radius 3 is 2.50 bits per heavy atom. The largest absolute Gasteiger partial charge is 0.370 e. The van der Waals surface area contributed by atoms with Crippen molar-refractivity contribution in [3.8, 4) is 0 Å². The first-order chi connectivity index (χ1) is 9.71. The van der Waals surface area contributed by atoms with Gasteiger partial charge < -0.3 is 5.32 Å². The number of aryl methyl sites for hydroxylation is 2. The number of anilines is 1. The molecule has 106 valence electrons. The SMILES string of the molecule is CCCc1nc(NCC)cc(Sc2ccc(C)cc2)n1. The number of nitrogens with zero attached hydrogens (tertiary/aromatic N) is 2. The molecule has 0 fully saturated rings. The molecular formula is C16H21N3S. The summed E-state index contributed by atoms with van der Waals surface area (Å²) in [5.41, 5.74) is 1.28. The van der Waals surface area contributed by atoms with Crippen LogP contribution in [0.25, 0.3) is 0 Å². The maximum atomic E-state index is 4.63. The van der Waals surface area contributed by atoms with Gasteiger partial charge in [-0.15, -0.1) is 0 Å². The Labute approximate surface area is 125 Å². The van der Waals surface area contributed by atoms with E-state index in [0.717, 1.165) is 36.1 Å². The molecule has 0 aliphatic heterocycles. The van der Waals surface area contributed by atoms with Crippen LogP contribution in [0.2, 0.25) is 0 Å². The standard InChI is InChI=1S/C16H21N3S/c1-4-6-14-18-15(17-5-2)11-16(19-14)20-13-9-7-12(3)8-10-13/h7-11H,4-6H2,1-3H3,(H,17,18,19). The van der Waals surface area contributed by atoms with Gasteiger partial charge in [0.05, 0.1) is 0 Å². The third-order valence-corrected chi connectivity index (χ3v) is 3.75. The summed E-state index contributed by atoms with van der Waals surface area (Å²) < 4.78 is 0. The Hall–Kier alpha value is -1.55. The van der Waals surface area contributed by atoms with Gasteiger partial charge in [-0.1, -0.05) is 36.4 Å². The van der Waals surface area contributed by atoms with Crippen LogP contribution in [0.1, 0.15) is 31.7 Å². The second-order valence-corrected chi connectivity index (χ2v) is 5.80. The lowest BCUT2D eigenvalue weighted by Crippen LogP contribution is -2.04. The molecule has 0 spiro atoms. The van der Waals surface area contributed by atoms with Gasteiger partial charge in [0.2, 0.25) is 0 Å². The number of benzene rings is 1. The van der Waals surface area contributed by atoms with E-state index in [0.29, 0.717) is 0 Å². The molecule has 0 aliphatic carbocycles. The van der Waals surface area contributed by atoms with Gasteiger partial charge >= 0.3 is 0 Å². The first-order valence-electron chi connectivity index (χ1n) is 7.07. The van der Waals surface area contributed by atoms with Gasteiger partial charge in [-0.3, -0.25) is 0 Å². The minimum atomic E-state index is 0.872. The maximum Gasteiger partial charge on any atom is 0.132 e. The van der Waals surface area contributed by atoms with Gasteiger partial charge in [-0.05, 0) is 32.4 Å². The van der Waals surface area contributed by atoms with E-state index in [-0.39, 0.29) is 0 Å². The van der Waals surface area contributed by atoms with Crippen molar-refractivity contribution in [2.24, 2.45) is 0 Å². The number of hydrogen-bond donors (Lipinski definition) is 1. The van der Waals surface area contributed by atoms with E-state index in [1.54, 1.807) is 11.8 Å². The van der Waals surface area contributed by atoms with Crippen LogP contribution in [0.15, 0.2) is 40.3 Å². The maximum absolute atomic E-state index is 4.63. The van der Waals surface area contributed by atoms with E-state index in [1.165, 1.54) is 10.5 Å². The minimum absolute atomic E-state index is 0.872. The van der Waals surface area contributed by atoms with E-state index in [4.69, 9.17) is 0 Å². The summed E-state index contributed by atoms with van der Waals surface area (Å²) in [6, 6.07) is 10.5. The molecule has 0 bridgehead atoms. The molecule has 1 aromatic heterocycles. The Bertz CT molecular complexity index is 528. The first kappa shape index (κ1) is 14.9. The molecule has 0 aliphatic rings. The lowest BCUT2D eigenvalue weighted by molar-refractivity contribution is 0.810. The average Bonchev–Trinajstić information content (AvgIpc) is 2.42. The highest BCUT2D eigenvalue weighted by Gasteiger charge is 2.05. The number of nitrogens with one attached hydrogen (secondary N) is 1. The van der Waals surface area contributed by atoms with Gasteiger partial charge in [0.15, 0.2) is 0 Å². The molecule has 0 radical (unpaired) electrons. The summed E-state index contributed by atoms with van der Waals surface area (Å²) in [6.45, 7) is 7.20. The Kier molecular flexibility index (Phi) is 5.41. The van der Waals surface area contributed by atoms with Crippen LogP contribution in [0.5, 0.6) is 0 Å². The zero-order valence-electron chi connectivity index (χ0n) is 12.3. The van der Waals surface area contributed by atoms with E-state index in [2.05, 4.69) is 60.3 Å². The molecule has 20 heavy (non-hydrogen) atoms. The molecule has 1 heterocycles. The first-order valence-corrected chi connectivity index (χ1v) is 7.89.